The van der Waals surface area contributed by atoms with Gasteiger partial charge in [0.15, 0.2) is 0 Å². The second kappa shape index (κ2) is 4.00. The standard InChI is InChI=1S/C12H21NO3/c1-8(2)10(11(14)15)12(16)7-13-5-3-9(12)4-6-13/h8-10,16H,3-7H2,1-2H3,(H,14,15). The Kier molecular flexibility index (Phi) is 2.97. The molecule has 0 aromatic heterocycles. The monoisotopic (exact) mass is 227 g/mol. The molecule has 3 aliphatic heterocycles. The topological polar surface area (TPSA) is 60.8 Å². The summed E-state index contributed by atoms with van der Waals surface area (Å²) in [5.74, 6) is -1.35. The molecule has 0 radical (unpaired) electrons. The highest BCUT2D eigenvalue weighted by Crippen LogP contribution is 2.42. The van der Waals surface area contributed by atoms with Crippen molar-refractivity contribution < 1.29 is 15.0 Å². The zero-order chi connectivity index (χ0) is 11.9. The minimum absolute atomic E-state index is 0.0250. The van der Waals surface area contributed by atoms with E-state index in [4.69, 9.17) is 0 Å². The highest BCUT2D eigenvalue weighted by molar-refractivity contribution is 5.72. The van der Waals surface area contributed by atoms with Crippen molar-refractivity contribution in [1.82, 2.24) is 4.90 Å². The third kappa shape index (κ3) is 1.74. The first-order valence-electron chi connectivity index (χ1n) is 6.12. The lowest BCUT2D eigenvalue weighted by Gasteiger charge is -2.53. The zero-order valence-corrected chi connectivity index (χ0v) is 10.0. The fourth-order valence-electron chi connectivity index (χ4n) is 3.51. The van der Waals surface area contributed by atoms with Crippen LogP contribution in [0.2, 0.25) is 0 Å². The number of nitrogens with zero attached hydrogens (tertiary/aromatic N) is 1. The average Bonchev–Trinajstić information content (AvgIpc) is 2.16. The van der Waals surface area contributed by atoms with E-state index < -0.39 is 17.5 Å². The summed E-state index contributed by atoms with van der Waals surface area (Å²) in [5.41, 5.74) is -1.02. The van der Waals surface area contributed by atoms with Gasteiger partial charge in [0.2, 0.25) is 0 Å². The first kappa shape index (κ1) is 11.9. The van der Waals surface area contributed by atoms with Crippen LogP contribution in [0.25, 0.3) is 0 Å². The number of fused-ring (bicyclic) bond motifs is 3. The Balaban J connectivity index is 2.26. The molecule has 0 aromatic carbocycles. The molecule has 3 aliphatic rings. The molecular weight excluding hydrogens is 206 g/mol. The minimum atomic E-state index is -1.02. The van der Waals surface area contributed by atoms with Crippen molar-refractivity contribution in [3.05, 3.63) is 0 Å². The van der Waals surface area contributed by atoms with Crippen molar-refractivity contribution in [2.45, 2.75) is 32.3 Å². The van der Waals surface area contributed by atoms with Crippen LogP contribution in [0.4, 0.5) is 0 Å². The molecule has 0 amide bonds. The summed E-state index contributed by atoms with van der Waals surface area (Å²) < 4.78 is 0. The third-order valence-electron chi connectivity index (χ3n) is 4.24. The van der Waals surface area contributed by atoms with Crippen LogP contribution in [0.15, 0.2) is 0 Å². The molecule has 0 saturated carbocycles. The summed E-state index contributed by atoms with van der Waals surface area (Å²) in [7, 11) is 0. The number of aliphatic hydroxyl groups is 1. The number of carboxylic acids is 1. The van der Waals surface area contributed by atoms with Crippen molar-refractivity contribution in [3.8, 4) is 0 Å². The fraction of sp³-hybridized carbons (Fsp3) is 0.917. The van der Waals surface area contributed by atoms with Crippen LogP contribution in [0, 0.1) is 17.8 Å². The van der Waals surface area contributed by atoms with Gasteiger partial charge in [0.05, 0.1) is 11.5 Å². The van der Waals surface area contributed by atoms with Crippen molar-refractivity contribution >= 4 is 5.97 Å². The third-order valence-corrected chi connectivity index (χ3v) is 4.24. The van der Waals surface area contributed by atoms with Gasteiger partial charge in [0.25, 0.3) is 0 Å². The minimum Gasteiger partial charge on any atom is -0.481 e. The molecule has 3 fully saturated rings. The summed E-state index contributed by atoms with van der Waals surface area (Å²) in [6, 6.07) is 0. The second-order valence-electron chi connectivity index (χ2n) is 5.60. The number of piperidine rings is 3. The molecule has 2 atom stereocenters. The van der Waals surface area contributed by atoms with E-state index in [1.54, 1.807) is 0 Å². The van der Waals surface area contributed by atoms with Crippen molar-refractivity contribution in [3.63, 3.8) is 0 Å². The van der Waals surface area contributed by atoms with Gasteiger partial charge in [0.1, 0.15) is 0 Å². The van der Waals surface area contributed by atoms with E-state index in [1.165, 1.54) is 0 Å². The first-order chi connectivity index (χ1) is 7.45. The van der Waals surface area contributed by atoms with Crippen LogP contribution < -0.4 is 0 Å². The van der Waals surface area contributed by atoms with E-state index >= 15 is 0 Å². The molecule has 2 bridgehead atoms. The van der Waals surface area contributed by atoms with Crippen LogP contribution in [-0.2, 0) is 4.79 Å². The highest BCUT2D eigenvalue weighted by atomic mass is 16.4. The summed E-state index contributed by atoms with van der Waals surface area (Å²) in [5, 5.41) is 20.1. The number of carboxylic acid groups (broad SMARTS) is 1. The van der Waals surface area contributed by atoms with Crippen molar-refractivity contribution in [2.75, 3.05) is 19.6 Å². The molecule has 3 rings (SSSR count). The smallest absolute Gasteiger partial charge is 0.309 e. The predicted molar refractivity (Wildman–Crippen MR) is 60.1 cm³/mol. The SMILES string of the molecule is CC(C)C(C(=O)O)C1(O)CN2CCC1CC2. The second-order valence-corrected chi connectivity index (χ2v) is 5.60. The average molecular weight is 227 g/mol. The molecule has 0 aliphatic carbocycles. The zero-order valence-electron chi connectivity index (χ0n) is 10.0. The Bertz CT molecular complexity index is 284. The Hall–Kier alpha value is -0.610. The predicted octanol–water partition coefficient (Wildman–Crippen LogP) is 0.800. The van der Waals surface area contributed by atoms with Crippen LogP contribution in [0.5, 0.6) is 0 Å². The maximum absolute atomic E-state index is 11.3. The Morgan fingerprint density at radius 2 is 1.94 bits per heavy atom. The number of carbonyl (C=O) groups is 1. The van der Waals surface area contributed by atoms with Gasteiger partial charge in [-0.1, -0.05) is 13.8 Å². The number of aliphatic carboxylic acids is 1. The fourth-order valence-corrected chi connectivity index (χ4v) is 3.51. The molecular formula is C12H21NO3. The van der Waals surface area contributed by atoms with E-state index in [1.807, 2.05) is 13.8 Å². The molecule has 92 valence electrons. The summed E-state index contributed by atoms with van der Waals surface area (Å²) in [4.78, 5) is 13.5. The van der Waals surface area contributed by atoms with E-state index in [0.717, 1.165) is 25.9 Å². The summed E-state index contributed by atoms with van der Waals surface area (Å²) in [6.07, 6.45) is 1.88. The summed E-state index contributed by atoms with van der Waals surface area (Å²) >= 11 is 0. The van der Waals surface area contributed by atoms with E-state index in [9.17, 15) is 15.0 Å². The largest absolute Gasteiger partial charge is 0.481 e. The summed E-state index contributed by atoms with van der Waals surface area (Å²) in [6.45, 7) is 6.32. The highest BCUT2D eigenvalue weighted by Gasteiger charge is 2.53. The maximum Gasteiger partial charge on any atom is 0.309 e. The molecule has 3 heterocycles. The van der Waals surface area contributed by atoms with E-state index in [2.05, 4.69) is 4.90 Å². The van der Waals surface area contributed by atoms with Crippen LogP contribution in [0.3, 0.4) is 0 Å². The molecule has 4 nitrogen and oxygen atoms in total. The lowest BCUT2D eigenvalue weighted by molar-refractivity contribution is -0.182. The van der Waals surface area contributed by atoms with Gasteiger partial charge in [-0.25, -0.2) is 0 Å². The quantitative estimate of drug-likeness (QED) is 0.748. The van der Waals surface area contributed by atoms with E-state index in [0.29, 0.717) is 6.54 Å². The van der Waals surface area contributed by atoms with Crippen LogP contribution in [-0.4, -0.2) is 46.3 Å². The van der Waals surface area contributed by atoms with Gasteiger partial charge in [0, 0.05) is 6.54 Å². The molecule has 2 N–H and O–H groups in total. The molecule has 3 saturated heterocycles. The van der Waals surface area contributed by atoms with Crippen molar-refractivity contribution in [2.24, 2.45) is 17.8 Å². The molecule has 0 spiro atoms. The van der Waals surface area contributed by atoms with Gasteiger partial charge in [-0.15, -0.1) is 0 Å². The van der Waals surface area contributed by atoms with Crippen molar-refractivity contribution in [1.29, 1.82) is 0 Å². The first-order valence-corrected chi connectivity index (χ1v) is 6.12. The Morgan fingerprint density at radius 3 is 2.25 bits per heavy atom. The van der Waals surface area contributed by atoms with Crippen LogP contribution in [0.1, 0.15) is 26.7 Å². The maximum atomic E-state index is 11.3. The van der Waals surface area contributed by atoms with Gasteiger partial charge in [-0.2, -0.15) is 0 Å². The molecule has 2 unspecified atom stereocenters. The van der Waals surface area contributed by atoms with E-state index in [-0.39, 0.29) is 11.8 Å². The number of hydrogen-bond donors (Lipinski definition) is 2. The lowest BCUT2D eigenvalue weighted by atomic mass is 9.65. The molecule has 16 heavy (non-hydrogen) atoms. The molecule has 0 aromatic rings. The Morgan fingerprint density at radius 1 is 1.38 bits per heavy atom. The lowest BCUT2D eigenvalue weighted by Crippen LogP contribution is -2.64. The Labute approximate surface area is 96.3 Å². The van der Waals surface area contributed by atoms with Gasteiger partial charge in [-0.3, -0.25) is 4.79 Å². The van der Waals surface area contributed by atoms with Gasteiger partial charge < -0.3 is 15.1 Å². The van der Waals surface area contributed by atoms with Crippen LogP contribution >= 0.6 is 0 Å². The number of hydrogen-bond acceptors (Lipinski definition) is 3. The number of rotatable bonds is 3. The normalized spacial score (nSPS) is 40.0. The molecule has 4 heteroatoms. The van der Waals surface area contributed by atoms with Gasteiger partial charge >= 0.3 is 5.97 Å². The van der Waals surface area contributed by atoms with Gasteiger partial charge in [-0.05, 0) is 37.8 Å².